The first-order valence-corrected chi connectivity index (χ1v) is 12.9. The number of hydrogen-bond acceptors (Lipinski definition) is 8. The lowest BCUT2D eigenvalue weighted by atomic mass is 10.1. The van der Waals surface area contributed by atoms with Gasteiger partial charge < -0.3 is 16.0 Å². The topological polar surface area (TPSA) is 133 Å². The summed E-state index contributed by atoms with van der Waals surface area (Å²) in [5.74, 6) is 0.637. The zero-order valence-corrected chi connectivity index (χ0v) is 21.0. The van der Waals surface area contributed by atoms with Gasteiger partial charge in [-0.15, -0.1) is 0 Å². The highest BCUT2D eigenvalue weighted by Crippen LogP contribution is 2.30. The van der Waals surface area contributed by atoms with Gasteiger partial charge in [0.2, 0.25) is 11.9 Å². The van der Waals surface area contributed by atoms with Crippen LogP contribution in [-0.4, -0.2) is 55.8 Å². The van der Waals surface area contributed by atoms with Crippen molar-refractivity contribution in [2.45, 2.75) is 37.8 Å². The van der Waals surface area contributed by atoms with Crippen LogP contribution in [0.15, 0.2) is 41.3 Å². The molecule has 1 aromatic carbocycles. The molecule has 11 heteroatoms. The Morgan fingerprint density at radius 3 is 2.97 bits per heavy atom. The maximum atomic E-state index is 12.7. The molecule has 6 rings (SSSR count). The minimum atomic E-state index is 0.00196. The summed E-state index contributed by atoms with van der Waals surface area (Å²) in [6.07, 6.45) is 6.88. The third kappa shape index (κ3) is 4.27. The Balaban J connectivity index is 1.25. The van der Waals surface area contributed by atoms with Crippen LogP contribution in [0.1, 0.15) is 31.2 Å². The monoisotopic (exact) mass is 545 g/mol. The van der Waals surface area contributed by atoms with E-state index in [1.165, 1.54) is 0 Å². The molecule has 2 fully saturated rings. The first-order valence-electron chi connectivity index (χ1n) is 12.1. The molecular weight excluding hydrogens is 522 g/mol. The van der Waals surface area contributed by atoms with E-state index in [-0.39, 0.29) is 23.9 Å². The van der Waals surface area contributed by atoms with Crippen LogP contribution < -0.4 is 16.0 Å². The molecule has 1 aliphatic carbocycles. The Morgan fingerprint density at radius 1 is 1.22 bits per heavy atom. The number of pyridine rings is 1. The fraction of sp³-hybridized carbons (Fsp3) is 0.360. The number of carbonyl (C=O) groups excluding carboxylic acids is 1. The fourth-order valence-corrected chi connectivity index (χ4v) is 5.57. The molecule has 1 amide bonds. The molecule has 0 spiro atoms. The number of benzene rings is 1. The number of rotatable bonds is 5. The van der Waals surface area contributed by atoms with Crippen molar-refractivity contribution in [1.29, 1.82) is 5.26 Å². The van der Waals surface area contributed by atoms with Gasteiger partial charge in [-0.1, -0.05) is 6.07 Å². The molecule has 3 aromatic heterocycles. The van der Waals surface area contributed by atoms with Gasteiger partial charge in [-0.2, -0.15) is 15.3 Å². The number of nitriles is 1. The summed E-state index contributed by atoms with van der Waals surface area (Å²) in [5.41, 5.74) is 2.46. The molecule has 10 nitrogen and oxygen atoms in total. The average molecular weight is 546 g/mol. The molecule has 1 saturated heterocycles. The van der Waals surface area contributed by atoms with E-state index in [1.807, 2.05) is 18.2 Å². The third-order valence-electron chi connectivity index (χ3n) is 6.98. The highest BCUT2D eigenvalue weighted by Gasteiger charge is 2.32. The van der Waals surface area contributed by atoms with E-state index in [2.05, 4.69) is 53.0 Å². The smallest absolute Gasteiger partial charge is 0.224 e. The number of halogens is 1. The Labute approximate surface area is 215 Å². The summed E-state index contributed by atoms with van der Waals surface area (Å²) >= 11 is 3.51. The highest BCUT2D eigenvalue weighted by molar-refractivity contribution is 9.10. The molecule has 36 heavy (non-hydrogen) atoms. The van der Waals surface area contributed by atoms with E-state index in [4.69, 9.17) is 4.98 Å². The van der Waals surface area contributed by atoms with E-state index >= 15 is 0 Å². The molecule has 4 heterocycles. The predicted octanol–water partition coefficient (Wildman–Crippen LogP) is 3.06. The van der Waals surface area contributed by atoms with Crippen molar-refractivity contribution in [1.82, 2.24) is 35.4 Å². The largest absolute Gasteiger partial charge is 0.352 e. The number of amides is 1. The van der Waals surface area contributed by atoms with Gasteiger partial charge in [-0.05, 0) is 66.4 Å². The third-order valence-corrected chi connectivity index (χ3v) is 7.56. The first kappa shape index (κ1) is 22.8. The van der Waals surface area contributed by atoms with Gasteiger partial charge in [-0.3, -0.25) is 9.78 Å². The van der Waals surface area contributed by atoms with Crippen LogP contribution in [0.3, 0.4) is 0 Å². The number of carbonyl (C=O) groups is 1. The van der Waals surface area contributed by atoms with Crippen molar-refractivity contribution >= 4 is 49.7 Å². The predicted molar refractivity (Wildman–Crippen MR) is 139 cm³/mol. The summed E-state index contributed by atoms with van der Waals surface area (Å²) < 4.78 is 2.33. The van der Waals surface area contributed by atoms with Gasteiger partial charge in [-0.25, -0.2) is 9.67 Å². The lowest BCUT2D eigenvalue weighted by molar-refractivity contribution is -0.125. The SMILES string of the molecule is N#Cc1cc(-n2nc(Br)c3cnc(N[C@@H]4CC[C@@H](C(=O)N[C@@H]5CCNC5)C4)nc32)cc2cccnc12. The van der Waals surface area contributed by atoms with Crippen LogP contribution in [0.4, 0.5) is 5.95 Å². The maximum absolute atomic E-state index is 12.7. The molecule has 0 radical (unpaired) electrons. The second kappa shape index (κ2) is 9.44. The van der Waals surface area contributed by atoms with Crippen molar-refractivity contribution < 1.29 is 4.79 Å². The number of aromatic nitrogens is 5. The van der Waals surface area contributed by atoms with Crippen molar-refractivity contribution in [3.05, 3.63) is 46.8 Å². The zero-order valence-electron chi connectivity index (χ0n) is 19.4. The molecule has 0 bridgehead atoms. The second-order valence-electron chi connectivity index (χ2n) is 9.36. The number of anilines is 1. The Bertz CT molecular complexity index is 1500. The van der Waals surface area contributed by atoms with Crippen LogP contribution in [0.2, 0.25) is 0 Å². The first-order chi connectivity index (χ1) is 17.6. The highest BCUT2D eigenvalue weighted by atomic mass is 79.9. The van der Waals surface area contributed by atoms with Gasteiger partial charge >= 0.3 is 0 Å². The number of nitrogens with zero attached hydrogens (tertiary/aromatic N) is 6. The Kier molecular flexibility index (Phi) is 5.99. The van der Waals surface area contributed by atoms with Gasteiger partial charge in [0.1, 0.15) is 10.7 Å². The average Bonchev–Trinajstić information content (AvgIpc) is 3.64. The van der Waals surface area contributed by atoms with E-state index in [9.17, 15) is 10.1 Å². The number of fused-ring (bicyclic) bond motifs is 2. The maximum Gasteiger partial charge on any atom is 0.224 e. The van der Waals surface area contributed by atoms with Crippen LogP contribution in [-0.2, 0) is 4.79 Å². The Morgan fingerprint density at radius 2 is 2.14 bits per heavy atom. The van der Waals surface area contributed by atoms with Gasteiger partial charge in [0.25, 0.3) is 0 Å². The molecule has 4 aromatic rings. The van der Waals surface area contributed by atoms with Crippen LogP contribution in [0, 0.1) is 17.2 Å². The minimum absolute atomic E-state index is 0.00196. The molecule has 1 saturated carbocycles. The van der Waals surface area contributed by atoms with E-state index in [1.54, 1.807) is 23.1 Å². The van der Waals surface area contributed by atoms with Crippen LogP contribution >= 0.6 is 15.9 Å². The van der Waals surface area contributed by atoms with Crippen LogP contribution in [0.5, 0.6) is 0 Å². The van der Waals surface area contributed by atoms with Crippen molar-refractivity contribution in [3.63, 3.8) is 0 Å². The minimum Gasteiger partial charge on any atom is -0.352 e. The summed E-state index contributed by atoms with van der Waals surface area (Å²) in [7, 11) is 0. The van der Waals surface area contributed by atoms with Gasteiger partial charge in [0, 0.05) is 42.3 Å². The summed E-state index contributed by atoms with van der Waals surface area (Å²) in [4.78, 5) is 26.3. The summed E-state index contributed by atoms with van der Waals surface area (Å²) in [5, 5.41) is 25.8. The molecule has 2 aliphatic rings. The molecule has 182 valence electrons. The van der Waals surface area contributed by atoms with Crippen LogP contribution in [0.25, 0.3) is 27.6 Å². The van der Waals surface area contributed by atoms with Crippen molar-refractivity contribution in [3.8, 4) is 11.8 Å². The molecule has 3 atom stereocenters. The van der Waals surface area contributed by atoms with Crippen molar-refractivity contribution in [2.75, 3.05) is 18.4 Å². The van der Waals surface area contributed by atoms with E-state index in [0.717, 1.165) is 49.5 Å². The summed E-state index contributed by atoms with van der Waals surface area (Å²) in [6.45, 7) is 1.81. The molecule has 1 aliphatic heterocycles. The lowest BCUT2D eigenvalue weighted by Gasteiger charge is -2.16. The fourth-order valence-electron chi connectivity index (χ4n) is 5.13. The molecule has 3 N–H and O–H groups in total. The van der Waals surface area contributed by atoms with Gasteiger partial charge in [0.05, 0.1) is 22.2 Å². The lowest BCUT2D eigenvalue weighted by Crippen LogP contribution is -2.39. The van der Waals surface area contributed by atoms with Gasteiger partial charge in [0.15, 0.2) is 5.65 Å². The zero-order chi connectivity index (χ0) is 24.6. The van der Waals surface area contributed by atoms with E-state index in [0.29, 0.717) is 33.0 Å². The van der Waals surface area contributed by atoms with Crippen molar-refractivity contribution in [2.24, 2.45) is 5.92 Å². The quantitative estimate of drug-likeness (QED) is 0.348. The molecule has 0 unspecified atom stereocenters. The number of nitrogens with one attached hydrogen (secondary N) is 3. The Hall–Kier alpha value is -3.62. The standard InChI is InChI=1S/C25H24BrN9O/c26-22-20-13-30-25(32-17-4-3-15(8-17)24(36)31-18-5-7-28-12-18)33-23(20)35(34-22)19-9-14-2-1-6-29-21(14)16(10-19)11-27/h1-2,6,9-10,13,15,17-18,28H,3-5,7-8,12H2,(H,31,36)(H,30,32,33)/t15-,17-,18-/m1/s1. The van der Waals surface area contributed by atoms with E-state index < -0.39 is 0 Å². The number of hydrogen-bond donors (Lipinski definition) is 3. The second-order valence-corrected chi connectivity index (χ2v) is 10.1. The normalized spacial score (nSPS) is 21.6. The summed E-state index contributed by atoms with van der Waals surface area (Å²) in [6, 6.07) is 10.1. The molecular formula is C25H24BrN9O.